The van der Waals surface area contributed by atoms with Crippen LogP contribution in [0.3, 0.4) is 0 Å². The van der Waals surface area contributed by atoms with Crippen LogP contribution in [0.15, 0.2) is 53.6 Å². The Bertz CT molecular complexity index is 1040. The molecule has 1 aliphatic rings. The summed E-state index contributed by atoms with van der Waals surface area (Å²) in [5.41, 5.74) is 4.16. The summed E-state index contributed by atoms with van der Waals surface area (Å²) in [5.74, 6) is 0.567. The number of benzene rings is 1. The van der Waals surface area contributed by atoms with E-state index in [2.05, 4.69) is 15.0 Å². The lowest BCUT2D eigenvalue weighted by atomic mass is 10.0. The molecular weight excluding hydrogens is 340 g/mol. The molecule has 0 saturated carbocycles. The summed E-state index contributed by atoms with van der Waals surface area (Å²) in [4.78, 5) is 38.5. The van der Waals surface area contributed by atoms with Crippen LogP contribution in [0, 0.1) is 6.92 Å². The molecule has 2 aromatic heterocycles. The molecule has 0 aliphatic carbocycles. The number of aryl methyl sites for hydroxylation is 1. The molecular formula is C21H20N4O2. The molecule has 0 fully saturated rings. The maximum absolute atomic E-state index is 12.8. The SMILES string of the molecule is Cc1ccccc1CC(=O)N1CCc2c(nc(-c3ccncc3)[nH]c2=O)C1. The highest BCUT2D eigenvalue weighted by Gasteiger charge is 2.24. The molecule has 4 rings (SSSR count). The van der Waals surface area contributed by atoms with Crippen molar-refractivity contribution >= 4 is 5.91 Å². The Morgan fingerprint density at radius 2 is 1.96 bits per heavy atom. The Hall–Kier alpha value is -3.28. The van der Waals surface area contributed by atoms with Gasteiger partial charge in [0.2, 0.25) is 5.91 Å². The van der Waals surface area contributed by atoms with Crippen molar-refractivity contribution < 1.29 is 4.79 Å². The zero-order valence-corrected chi connectivity index (χ0v) is 15.1. The van der Waals surface area contributed by atoms with E-state index in [9.17, 15) is 9.59 Å². The summed E-state index contributed by atoms with van der Waals surface area (Å²) in [5, 5.41) is 0. The van der Waals surface area contributed by atoms with Crippen LogP contribution in [0.4, 0.5) is 0 Å². The van der Waals surface area contributed by atoms with Crippen LogP contribution < -0.4 is 5.56 Å². The third-order valence-electron chi connectivity index (χ3n) is 4.98. The number of fused-ring (bicyclic) bond motifs is 1. The van der Waals surface area contributed by atoms with E-state index >= 15 is 0 Å². The zero-order chi connectivity index (χ0) is 18.8. The van der Waals surface area contributed by atoms with E-state index in [-0.39, 0.29) is 11.5 Å². The first-order chi connectivity index (χ1) is 13.1. The second-order valence-electron chi connectivity index (χ2n) is 6.74. The predicted octanol–water partition coefficient (Wildman–Crippen LogP) is 2.27. The van der Waals surface area contributed by atoms with Crippen molar-refractivity contribution in [1.29, 1.82) is 0 Å². The summed E-state index contributed by atoms with van der Waals surface area (Å²) < 4.78 is 0. The van der Waals surface area contributed by atoms with Gasteiger partial charge in [0.1, 0.15) is 5.82 Å². The zero-order valence-electron chi connectivity index (χ0n) is 15.1. The van der Waals surface area contributed by atoms with Gasteiger partial charge >= 0.3 is 0 Å². The average Bonchev–Trinajstić information content (AvgIpc) is 2.70. The van der Waals surface area contributed by atoms with E-state index in [4.69, 9.17) is 0 Å². The largest absolute Gasteiger partial charge is 0.336 e. The average molecular weight is 360 g/mol. The lowest BCUT2D eigenvalue weighted by Gasteiger charge is -2.28. The van der Waals surface area contributed by atoms with Gasteiger partial charge in [0, 0.05) is 30.1 Å². The van der Waals surface area contributed by atoms with Crippen LogP contribution in [0.5, 0.6) is 0 Å². The molecule has 0 atom stereocenters. The lowest BCUT2D eigenvalue weighted by Crippen LogP contribution is -2.40. The van der Waals surface area contributed by atoms with Crippen LogP contribution in [-0.4, -0.2) is 32.3 Å². The minimum atomic E-state index is -0.127. The molecule has 0 spiro atoms. The van der Waals surface area contributed by atoms with Crippen molar-refractivity contribution in [2.75, 3.05) is 6.54 Å². The molecule has 136 valence electrons. The van der Waals surface area contributed by atoms with Gasteiger partial charge < -0.3 is 9.88 Å². The molecule has 1 aromatic carbocycles. The first-order valence-corrected chi connectivity index (χ1v) is 8.96. The number of carbonyl (C=O) groups excluding carboxylic acids is 1. The molecule has 3 heterocycles. The minimum Gasteiger partial charge on any atom is -0.336 e. The third-order valence-corrected chi connectivity index (χ3v) is 4.98. The maximum Gasteiger partial charge on any atom is 0.254 e. The molecule has 0 unspecified atom stereocenters. The number of nitrogens with one attached hydrogen (secondary N) is 1. The van der Waals surface area contributed by atoms with Gasteiger partial charge in [0.15, 0.2) is 0 Å². The lowest BCUT2D eigenvalue weighted by molar-refractivity contribution is -0.131. The topological polar surface area (TPSA) is 79.0 Å². The monoisotopic (exact) mass is 360 g/mol. The molecule has 0 bridgehead atoms. The smallest absolute Gasteiger partial charge is 0.254 e. The molecule has 27 heavy (non-hydrogen) atoms. The van der Waals surface area contributed by atoms with Gasteiger partial charge in [-0.05, 0) is 36.6 Å². The van der Waals surface area contributed by atoms with E-state index in [1.807, 2.05) is 31.2 Å². The predicted molar refractivity (Wildman–Crippen MR) is 102 cm³/mol. The van der Waals surface area contributed by atoms with Crippen LogP contribution in [-0.2, 0) is 24.2 Å². The van der Waals surface area contributed by atoms with Gasteiger partial charge in [-0.25, -0.2) is 4.98 Å². The standard InChI is InChI=1S/C21H20N4O2/c1-14-4-2-3-5-16(14)12-19(26)25-11-8-17-18(13-25)23-20(24-21(17)27)15-6-9-22-10-7-15/h2-7,9-10H,8,11-13H2,1H3,(H,23,24,27). The highest BCUT2D eigenvalue weighted by molar-refractivity contribution is 5.79. The minimum absolute atomic E-state index is 0.0579. The van der Waals surface area contributed by atoms with E-state index in [0.717, 1.165) is 16.7 Å². The van der Waals surface area contributed by atoms with Crippen molar-refractivity contribution in [3.05, 3.63) is 81.5 Å². The van der Waals surface area contributed by atoms with Crippen LogP contribution in [0.1, 0.15) is 22.4 Å². The number of pyridine rings is 1. The number of hydrogen-bond donors (Lipinski definition) is 1. The number of aromatic amines is 1. The summed E-state index contributed by atoms with van der Waals surface area (Å²) in [6.07, 6.45) is 4.20. The maximum atomic E-state index is 12.8. The Balaban J connectivity index is 1.59. The van der Waals surface area contributed by atoms with Crippen molar-refractivity contribution in [2.45, 2.75) is 26.3 Å². The first-order valence-electron chi connectivity index (χ1n) is 8.96. The molecule has 1 amide bonds. The Kier molecular flexibility index (Phi) is 4.54. The van der Waals surface area contributed by atoms with E-state index in [1.54, 1.807) is 29.4 Å². The Labute approximate surface area is 156 Å². The number of H-pyrrole nitrogens is 1. The number of aromatic nitrogens is 3. The Morgan fingerprint density at radius 1 is 1.19 bits per heavy atom. The highest BCUT2D eigenvalue weighted by Crippen LogP contribution is 2.19. The summed E-state index contributed by atoms with van der Waals surface area (Å²) >= 11 is 0. The molecule has 6 nitrogen and oxygen atoms in total. The van der Waals surface area contributed by atoms with Gasteiger partial charge in [0.05, 0.1) is 18.7 Å². The van der Waals surface area contributed by atoms with E-state index in [0.29, 0.717) is 43.0 Å². The Morgan fingerprint density at radius 3 is 2.74 bits per heavy atom. The number of amides is 1. The summed E-state index contributed by atoms with van der Waals surface area (Å²) in [6, 6.07) is 11.5. The van der Waals surface area contributed by atoms with Crippen molar-refractivity contribution in [2.24, 2.45) is 0 Å². The normalized spacial score (nSPS) is 13.3. The van der Waals surface area contributed by atoms with Gasteiger partial charge in [-0.3, -0.25) is 14.6 Å². The fraction of sp³-hybridized carbons (Fsp3) is 0.238. The summed E-state index contributed by atoms with van der Waals surface area (Å²) in [7, 11) is 0. The van der Waals surface area contributed by atoms with Crippen LogP contribution >= 0.6 is 0 Å². The van der Waals surface area contributed by atoms with Crippen molar-refractivity contribution in [1.82, 2.24) is 19.9 Å². The van der Waals surface area contributed by atoms with Crippen molar-refractivity contribution in [3.8, 4) is 11.4 Å². The molecule has 0 radical (unpaired) electrons. The third kappa shape index (κ3) is 3.51. The number of rotatable bonds is 3. The molecule has 0 saturated heterocycles. The van der Waals surface area contributed by atoms with Gasteiger partial charge in [-0.2, -0.15) is 0 Å². The number of hydrogen-bond acceptors (Lipinski definition) is 4. The van der Waals surface area contributed by atoms with Crippen LogP contribution in [0.2, 0.25) is 0 Å². The highest BCUT2D eigenvalue weighted by atomic mass is 16.2. The number of nitrogens with zero attached hydrogens (tertiary/aromatic N) is 3. The van der Waals surface area contributed by atoms with Gasteiger partial charge in [-0.1, -0.05) is 24.3 Å². The molecule has 1 N–H and O–H groups in total. The first kappa shape index (κ1) is 17.1. The fourth-order valence-corrected chi connectivity index (χ4v) is 3.38. The van der Waals surface area contributed by atoms with Crippen molar-refractivity contribution in [3.63, 3.8) is 0 Å². The molecule has 6 heteroatoms. The second-order valence-corrected chi connectivity index (χ2v) is 6.74. The van der Waals surface area contributed by atoms with Gasteiger partial charge in [0.25, 0.3) is 5.56 Å². The van der Waals surface area contributed by atoms with Crippen LogP contribution in [0.25, 0.3) is 11.4 Å². The summed E-state index contributed by atoms with van der Waals surface area (Å²) in [6.45, 7) is 2.91. The van der Waals surface area contributed by atoms with Gasteiger partial charge in [-0.15, -0.1) is 0 Å². The van der Waals surface area contributed by atoms with E-state index in [1.165, 1.54) is 0 Å². The molecule has 1 aliphatic heterocycles. The quantitative estimate of drug-likeness (QED) is 0.777. The molecule has 3 aromatic rings. The number of carbonyl (C=O) groups is 1. The van der Waals surface area contributed by atoms with E-state index < -0.39 is 0 Å². The fourth-order valence-electron chi connectivity index (χ4n) is 3.38. The second kappa shape index (κ2) is 7.15.